The lowest BCUT2D eigenvalue weighted by atomic mass is 10.1. The Labute approximate surface area is 60.5 Å². The van der Waals surface area contributed by atoms with E-state index in [-0.39, 0.29) is 0 Å². The van der Waals surface area contributed by atoms with E-state index in [1.807, 2.05) is 12.2 Å². The lowest BCUT2D eigenvalue weighted by Crippen LogP contribution is -1.89. The van der Waals surface area contributed by atoms with Crippen LogP contribution in [0.4, 0.5) is 0 Å². The van der Waals surface area contributed by atoms with Crippen molar-refractivity contribution in [3.63, 3.8) is 0 Å². The molecule has 10 heavy (non-hydrogen) atoms. The summed E-state index contributed by atoms with van der Waals surface area (Å²) in [5, 5.41) is 0. The first-order valence-corrected chi connectivity index (χ1v) is 3.55. The molecule has 2 rings (SSSR count). The molecule has 0 spiro atoms. The standard InChI is InChI=1S/C9H9N/c1-2-4-8-6-7-10-9(8)5-3-1/h1-5H,6-7H2. The normalized spacial score (nSPS) is 21.6. The Bertz CT molecular complexity index is 254. The lowest BCUT2D eigenvalue weighted by molar-refractivity contribution is 1.04. The molecular formula is C9H9N. The Hall–Kier alpha value is -1.11. The van der Waals surface area contributed by atoms with Gasteiger partial charge >= 0.3 is 0 Å². The van der Waals surface area contributed by atoms with E-state index in [9.17, 15) is 0 Å². The number of nitrogens with zero attached hydrogens (tertiary/aromatic N) is 1. The van der Waals surface area contributed by atoms with Crippen LogP contribution in [-0.2, 0) is 0 Å². The minimum absolute atomic E-state index is 0.972. The highest BCUT2D eigenvalue weighted by Gasteiger charge is 2.09. The number of fused-ring (bicyclic) bond motifs is 1. The smallest absolute Gasteiger partial charge is 0.0607 e. The van der Waals surface area contributed by atoms with Gasteiger partial charge in [-0.25, -0.2) is 0 Å². The van der Waals surface area contributed by atoms with Crippen molar-refractivity contribution in [2.24, 2.45) is 4.99 Å². The largest absolute Gasteiger partial charge is 0.285 e. The average molecular weight is 131 g/mol. The zero-order chi connectivity index (χ0) is 6.81. The van der Waals surface area contributed by atoms with Crippen molar-refractivity contribution in [1.29, 1.82) is 0 Å². The predicted octanol–water partition coefficient (Wildman–Crippen LogP) is 1.88. The molecule has 0 saturated carbocycles. The van der Waals surface area contributed by atoms with Gasteiger partial charge in [0, 0.05) is 6.54 Å². The molecule has 1 aliphatic carbocycles. The predicted molar refractivity (Wildman–Crippen MR) is 43.3 cm³/mol. The monoisotopic (exact) mass is 131 g/mol. The number of allylic oxidation sites excluding steroid dienone is 5. The van der Waals surface area contributed by atoms with Gasteiger partial charge in [0.1, 0.15) is 0 Å². The quantitative estimate of drug-likeness (QED) is 0.476. The van der Waals surface area contributed by atoms with Gasteiger partial charge in [0.25, 0.3) is 0 Å². The maximum atomic E-state index is 4.34. The highest BCUT2D eigenvalue weighted by molar-refractivity contribution is 6.10. The van der Waals surface area contributed by atoms with Crippen LogP contribution in [-0.4, -0.2) is 12.3 Å². The van der Waals surface area contributed by atoms with Gasteiger partial charge in [0.2, 0.25) is 0 Å². The van der Waals surface area contributed by atoms with Gasteiger partial charge in [-0.1, -0.05) is 24.3 Å². The first-order valence-electron chi connectivity index (χ1n) is 3.55. The van der Waals surface area contributed by atoms with E-state index in [0.717, 1.165) is 13.0 Å². The summed E-state index contributed by atoms with van der Waals surface area (Å²) in [4.78, 5) is 4.34. The lowest BCUT2D eigenvalue weighted by Gasteiger charge is -1.91. The fourth-order valence-electron chi connectivity index (χ4n) is 1.24. The summed E-state index contributed by atoms with van der Waals surface area (Å²) in [6, 6.07) is 0. The average Bonchev–Trinajstić information content (AvgIpc) is 2.28. The fourth-order valence-corrected chi connectivity index (χ4v) is 1.24. The van der Waals surface area contributed by atoms with E-state index in [1.54, 1.807) is 0 Å². The molecule has 0 amide bonds. The molecule has 0 N–H and O–H groups in total. The van der Waals surface area contributed by atoms with Gasteiger partial charge in [-0.2, -0.15) is 0 Å². The minimum Gasteiger partial charge on any atom is -0.285 e. The second-order valence-electron chi connectivity index (χ2n) is 2.45. The molecule has 1 aliphatic heterocycles. The molecule has 1 heterocycles. The van der Waals surface area contributed by atoms with Crippen LogP contribution in [0.15, 0.2) is 40.9 Å². The van der Waals surface area contributed by atoms with Crippen LogP contribution < -0.4 is 0 Å². The number of hydrogen-bond acceptors (Lipinski definition) is 1. The SMILES string of the molecule is C1=CC=C2CCN=C2C=C1. The van der Waals surface area contributed by atoms with E-state index in [2.05, 4.69) is 23.2 Å². The maximum Gasteiger partial charge on any atom is 0.0607 e. The van der Waals surface area contributed by atoms with Crippen molar-refractivity contribution in [3.8, 4) is 0 Å². The first kappa shape index (κ1) is 5.66. The second-order valence-corrected chi connectivity index (χ2v) is 2.45. The Morgan fingerprint density at radius 3 is 3.20 bits per heavy atom. The Kier molecular flexibility index (Phi) is 1.28. The minimum atomic E-state index is 0.972. The molecule has 2 aliphatic rings. The Morgan fingerprint density at radius 2 is 2.20 bits per heavy atom. The van der Waals surface area contributed by atoms with Crippen molar-refractivity contribution in [1.82, 2.24) is 0 Å². The summed E-state index contributed by atoms with van der Waals surface area (Å²) in [5.74, 6) is 0. The molecule has 0 unspecified atom stereocenters. The highest BCUT2D eigenvalue weighted by Crippen LogP contribution is 2.15. The van der Waals surface area contributed by atoms with Crippen LogP contribution in [0.1, 0.15) is 6.42 Å². The van der Waals surface area contributed by atoms with Crippen LogP contribution in [0, 0.1) is 0 Å². The topological polar surface area (TPSA) is 12.4 Å². The van der Waals surface area contributed by atoms with Crippen LogP contribution in [0.5, 0.6) is 0 Å². The molecule has 0 aromatic rings. The van der Waals surface area contributed by atoms with Gasteiger partial charge in [-0.15, -0.1) is 0 Å². The van der Waals surface area contributed by atoms with Crippen molar-refractivity contribution in [2.75, 3.05) is 6.54 Å². The molecule has 0 bridgehead atoms. The number of rotatable bonds is 0. The molecule has 50 valence electrons. The summed E-state index contributed by atoms with van der Waals surface area (Å²) in [6.07, 6.45) is 11.5. The zero-order valence-corrected chi connectivity index (χ0v) is 5.75. The molecule has 1 nitrogen and oxygen atoms in total. The first-order chi connectivity index (χ1) is 4.97. The van der Waals surface area contributed by atoms with Gasteiger partial charge in [-0.05, 0) is 18.1 Å². The van der Waals surface area contributed by atoms with E-state index < -0.39 is 0 Å². The summed E-state index contributed by atoms with van der Waals surface area (Å²) in [7, 11) is 0. The molecule has 0 aromatic heterocycles. The van der Waals surface area contributed by atoms with Crippen molar-refractivity contribution < 1.29 is 0 Å². The van der Waals surface area contributed by atoms with Gasteiger partial charge in [0.05, 0.1) is 5.71 Å². The molecule has 1 heteroatoms. The van der Waals surface area contributed by atoms with Gasteiger partial charge in [-0.3, -0.25) is 4.99 Å². The maximum absolute atomic E-state index is 4.34. The van der Waals surface area contributed by atoms with Crippen LogP contribution in [0.25, 0.3) is 0 Å². The van der Waals surface area contributed by atoms with Crippen molar-refractivity contribution >= 4 is 5.71 Å². The molecule has 0 aromatic carbocycles. The Morgan fingerprint density at radius 1 is 1.20 bits per heavy atom. The molecule has 0 saturated heterocycles. The fraction of sp³-hybridized carbons (Fsp3) is 0.222. The van der Waals surface area contributed by atoms with E-state index in [0.29, 0.717) is 0 Å². The summed E-state index contributed by atoms with van der Waals surface area (Å²) >= 11 is 0. The van der Waals surface area contributed by atoms with Crippen molar-refractivity contribution in [2.45, 2.75) is 6.42 Å². The third-order valence-corrected chi connectivity index (χ3v) is 1.77. The second kappa shape index (κ2) is 2.25. The van der Waals surface area contributed by atoms with Crippen LogP contribution >= 0.6 is 0 Å². The zero-order valence-electron chi connectivity index (χ0n) is 5.75. The number of aliphatic imine (C=N–C) groups is 1. The molecule has 0 radical (unpaired) electrons. The molecule has 0 atom stereocenters. The highest BCUT2D eigenvalue weighted by atomic mass is 14.8. The number of hydrogen-bond donors (Lipinski definition) is 0. The van der Waals surface area contributed by atoms with Gasteiger partial charge in [0.15, 0.2) is 0 Å². The summed E-state index contributed by atoms with van der Waals surface area (Å²) in [5.41, 5.74) is 2.55. The van der Waals surface area contributed by atoms with Gasteiger partial charge < -0.3 is 0 Å². The van der Waals surface area contributed by atoms with Crippen LogP contribution in [0.2, 0.25) is 0 Å². The third-order valence-electron chi connectivity index (χ3n) is 1.77. The van der Waals surface area contributed by atoms with E-state index in [1.165, 1.54) is 11.3 Å². The Balaban J connectivity index is 2.42. The van der Waals surface area contributed by atoms with Crippen molar-refractivity contribution in [3.05, 3.63) is 36.0 Å². The summed E-state index contributed by atoms with van der Waals surface area (Å²) in [6.45, 7) is 0.972. The van der Waals surface area contributed by atoms with Crippen LogP contribution in [0.3, 0.4) is 0 Å². The molecule has 0 fully saturated rings. The van der Waals surface area contributed by atoms with E-state index >= 15 is 0 Å². The van der Waals surface area contributed by atoms with E-state index in [4.69, 9.17) is 0 Å². The summed E-state index contributed by atoms with van der Waals surface area (Å²) < 4.78 is 0. The molecular weight excluding hydrogens is 122 g/mol. The third kappa shape index (κ3) is 0.838.